The van der Waals surface area contributed by atoms with Gasteiger partial charge in [0.25, 0.3) is 5.91 Å². The number of benzene rings is 1. The average Bonchev–Trinajstić information content (AvgIpc) is 3.43. The first kappa shape index (κ1) is 19.4. The summed E-state index contributed by atoms with van der Waals surface area (Å²) in [5.41, 5.74) is 1.37. The Hall–Kier alpha value is -2.96. The van der Waals surface area contributed by atoms with Crippen molar-refractivity contribution in [3.63, 3.8) is 0 Å². The Morgan fingerprint density at radius 3 is 2.97 bits per heavy atom. The van der Waals surface area contributed by atoms with Crippen molar-refractivity contribution >= 4 is 28.3 Å². The zero-order chi connectivity index (χ0) is 20.4. The number of para-hydroxylation sites is 1. The lowest BCUT2D eigenvalue weighted by atomic mass is 10.1. The van der Waals surface area contributed by atoms with Crippen LogP contribution in [0.1, 0.15) is 27.3 Å². The van der Waals surface area contributed by atoms with Crippen LogP contribution in [-0.4, -0.2) is 48.4 Å². The maximum Gasteiger partial charge on any atom is 0.257 e. The van der Waals surface area contributed by atoms with Crippen LogP contribution in [0, 0.1) is 17.4 Å². The van der Waals surface area contributed by atoms with E-state index in [1.54, 1.807) is 24.1 Å². The van der Waals surface area contributed by atoms with Crippen molar-refractivity contribution in [1.29, 1.82) is 5.26 Å². The van der Waals surface area contributed by atoms with E-state index in [0.717, 1.165) is 28.4 Å². The van der Waals surface area contributed by atoms with Crippen LogP contribution in [0.4, 0.5) is 5.13 Å². The Morgan fingerprint density at radius 2 is 2.24 bits per heavy atom. The summed E-state index contributed by atoms with van der Waals surface area (Å²) in [4.78, 5) is 33.9. The van der Waals surface area contributed by atoms with Crippen molar-refractivity contribution in [3.05, 3.63) is 40.4 Å². The van der Waals surface area contributed by atoms with Crippen molar-refractivity contribution in [2.75, 3.05) is 31.6 Å². The monoisotopic (exact) mass is 411 g/mol. The van der Waals surface area contributed by atoms with E-state index < -0.39 is 0 Å². The van der Waals surface area contributed by atoms with Crippen LogP contribution in [0.15, 0.2) is 24.3 Å². The number of ether oxygens (including phenoxy) is 1. The minimum absolute atomic E-state index is 0.103. The van der Waals surface area contributed by atoms with Crippen molar-refractivity contribution in [2.24, 2.45) is 5.92 Å². The van der Waals surface area contributed by atoms with Crippen molar-refractivity contribution in [1.82, 2.24) is 15.2 Å². The molecular weight excluding hydrogens is 390 g/mol. The molecule has 2 aliphatic rings. The van der Waals surface area contributed by atoms with Crippen LogP contribution in [-0.2, 0) is 17.8 Å². The number of nitrogens with zero attached hydrogens (tertiary/aromatic N) is 4. The number of nitrogens with one attached hydrogen (secondary N) is 1. The molecule has 0 aliphatic carbocycles. The fraction of sp³-hybridized carbons (Fsp3) is 0.400. The summed E-state index contributed by atoms with van der Waals surface area (Å²) in [5, 5.41) is 13.1. The molecule has 2 amide bonds. The summed E-state index contributed by atoms with van der Waals surface area (Å²) < 4.78 is 5.31. The summed E-state index contributed by atoms with van der Waals surface area (Å²) in [6, 6.07) is 7.15. The van der Waals surface area contributed by atoms with Gasteiger partial charge in [0.15, 0.2) is 6.19 Å². The fourth-order valence-electron chi connectivity index (χ4n) is 3.68. The minimum atomic E-state index is -0.217. The Labute approximate surface area is 172 Å². The highest BCUT2D eigenvalue weighted by Gasteiger charge is 2.32. The molecule has 0 spiro atoms. The number of hydrogen-bond acceptors (Lipinski definition) is 7. The largest absolute Gasteiger partial charge is 0.496 e. The molecule has 150 valence electrons. The van der Waals surface area contributed by atoms with E-state index in [1.165, 1.54) is 11.3 Å². The Bertz CT molecular complexity index is 977. The lowest BCUT2D eigenvalue weighted by Gasteiger charge is -2.26. The molecular formula is C20H21N5O3S. The molecule has 0 saturated carbocycles. The van der Waals surface area contributed by atoms with Crippen LogP contribution in [0.2, 0.25) is 0 Å². The number of carbonyl (C=O) groups excluding carboxylic acids is 2. The van der Waals surface area contributed by atoms with Crippen molar-refractivity contribution < 1.29 is 14.3 Å². The number of rotatable bonds is 4. The van der Waals surface area contributed by atoms with E-state index in [-0.39, 0.29) is 17.7 Å². The minimum Gasteiger partial charge on any atom is -0.496 e. The quantitative estimate of drug-likeness (QED) is 0.608. The van der Waals surface area contributed by atoms with E-state index in [9.17, 15) is 14.9 Å². The maximum absolute atomic E-state index is 13.0. The number of aromatic nitrogens is 1. The third-order valence-corrected chi connectivity index (χ3v) is 6.33. The topological polar surface area (TPSA) is 98.6 Å². The molecule has 4 rings (SSSR count). The molecule has 2 aromatic rings. The number of nitriles is 1. The highest BCUT2D eigenvalue weighted by molar-refractivity contribution is 7.16. The van der Waals surface area contributed by atoms with E-state index in [4.69, 9.17) is 4.74 Å². The maximum atomic E-state index is 13.0. The zero-order valence-electron chi connectivity index (χ0n) is 16.1. The number of anilines is 1. The number of thiazole rings is 1. The molecule has 0 bridgehead atoms. The number of fused-ring (bicyclic) bond motifs is 1. The summed E-state index contributed by atoms with van der Waals surface area (Å²) in [6.45, 7) is 2.30. The first-order valence-corrected chi connectivity index (χ1v) is 10.3. The second-order valence-corrected chi connectivity index (χ2v) is 8.07. The van der Waals surface area contributed by atoms with Crippen LogP contribution in [0.3, 0.4) is 0 Å². The van der Waals surface area contributed by atoms with Gasteiger partial charge >= 0.3 is 0 Å². The number of methoxy groups -OCH3 is 1. The molecule has 3 heterocycles. The van der Waals surface area contributed by atoms with Crippen molar-refractivity contribution in [3.8, 4) is 11.9 Å². The van der Waals surface area contributed by atoms with Gasteiger partial charge in [0, 0.05) is 24.4 Å². The van der Waals surface area contributed by atoms with Gasteiger partial charge in [-0.3, -0.25) is 9.59 Å². The number of carbonyl (C=O) groups is 2. The molecule has 1 N–H and O–H groups in total. The first-order chi connectivity index (χ1) is 14.1. The van der Waals surface area contributed by atoms with Gasteiger partial charge in [-0.15, -0.1) is 0 Å². The molecule has 1 aromatic carbocycles. The molecule has 1 fully saturated rings. The molecule has 29 heavy (non-hydrogen) atoms. The Morgan fingerprint density at radius 1 is 1.41 bits per heavy atom. The molecule has 1 aromatic heterocycles. The lowest BCUT2D eigenvalue weighted by Crippen LogP contribution is -2.35. The Kier molecular flexibility index (Phi) is 5.47. The molecule has 2 aliphatic heterocycles. The van der Waals surface area contributed by atoms with Gasteiger partial charge in [-0.05, 0) is 25.1 Å². The molecule has 0 unspecified atom stereocenters. The van der Waals surface area contributed by atoms with Gasteiger partial charge in [-0.25, -0.2) is 4.98 Å². The lowest BCUT2D eigenvalue weighted by molar-refractivity contribution is -0.121. The molecule has 1 saturated heterocycles. The summed E-state index contributed by atoms with van der Waals surface area (Å²) >= 11 is 1.31. The van der Waals surface area contributed by atoms with Gasteiger partial charge in [-0.2, -0.15) is 10.2 Å². The summed E-state index contributed by atoms with van der Waals surface area (Å²) in [5.74, 6) is 0.0257. The van der Waals surface area contributed by atoms with E-state index in [0.29, 0.717) is 42.5 Å². The first-order valence-electron chi connectivity index (χ1n) is 9.47. The SMILES string of the molecule is COc1ccccc1C(=O)N1CCc2nc(N(C#N)C(=O)[C@H]3CCNC3)sc2C1. The molecule has 9 heteroatoms. The summed E-state index contributed by atoms with van der Waals surface area (Å²) in [6.07, 6.45) is 3.30. The van der Waals surface area contributed by atoms with E-state index in [2.05, 4.69) is 10.3 Å². The molecule has 8 nitrogen and oxygen atoms in total. The van der Waals surface area contributed by atoms with Crippen LogP contribution in [0.5, 0.6) is 5.75 Å². The van der Waals surface area contributed by atoms with E-state index in [1.807, 2.05) is 18.3 Å². The molecule has 0 radical (unpaired) electrons. The van der Waals surface area contributed by atoms with Gasteiger partial charge in [0.2, 0.25) is 11.0 Å². The standard InChI is InChI=1S/C20H21N5O3S/c1-28-16-5-3-2-4-14(16)19(27)24-9-7-15-17(11-24)29-20(23-15)25(12-21)18(26)13-6-8-22-10-13/h2-5,13,22H,6-11H2,1H3/t13-/m0/s1. The van der Waals surface area contributed by atoms with Crippen molar-refractivity contribution in [2.45, 2.75) is 19.4 Å². The second-order valence-electron chi connectivity index (χ2n) is 7.01. The average molecular weight is 411 g/mol. The highest BCUT2D eigenvalue weighted by Crippen LogP contribution is 2.32. The highest BCUT2D eigenvalue weighted by atomic mass is 32.1. The van der Waals surface area contributed by atoms with Gasteiger partial charge in [0.05, 0.1) is 30.8 Å². The normalized spacial score (nSPS) is 18.1. The van der Waals surface area contributed by atoms with Gasteiger partial charge in [0.1, 0.15) is 5.75 Å². The summed E-state index contributed by atoms with van der Waals surface area (Å²) in [7, 11) is 1.54. The molecule has 1 atom stereocenters. The van der Waals surface area contributed by atoms with Gasteiger partial charge < -0.3 is 15.0 Å². The Balaban J connectivity index is 1.53. The van der Waals surface area contributed by atoms with E-state index >= 15 is 0 Å². The van der Waals surface area contributed by atoms with Crippen LogP contribution >= 0.6 is 11.3 Å². The van der Waals surface area contributed by atoms with Gasteiger partial charge in [-0.1, -0.05) is 23.5 Å². The third-order valence-electron chi connectivity index (χ3n) is 5.27. The smallest absolute Gasteiger partial charge is 0.257 e. The third kappa shape index (κ3) is 3.69. The predicted octanol–water partition coefficient (Wildman–Crippen LogP) is 1.77. The van der Waals surface area contributed by atoms with Crippen LogP contribution in [0.25, 0.3) is 0 Å². The fourth-order valence-corrected chi connectivity index (χ4v) is 4.76. The number of hydrogen-bond donors (Lipinski definition) is 1. The van der Waals surface area contributed by atoms with Crippen LogP contribution < -0.4 is 15.0 Å². The predicted molar refractivity (Wildman–Crippen MR) is 108 cm³/mol. The second kappa shape index (κ2) is 8.19. The zero-order valence-corrected chi connectivity index (χ0v) is 16.9. The number of amides is 2.